The van der Waals surface area contributed by atoms with Crippen LogP contribution in [0.15, 0.2) is 34.9 Å². The van der Waals surface area contributed by atoms with E-state index in [1.807, 2.05) is 28.9 Å². The molecule has 0 bridgehead atoms. The normalized spacial score (nSPS) is 12.4. The number of nitrogens with two attached hydrogens (primary N) is 1. The van der Waals surface area contributed by atoms with Crippen molar-refractivity contribution in [2.45, 2.75) is 12.6 Å². The molecule has 0 amide bonds. The Balaban J connectivity index is 2.26. The summed E-state index contributed by atoms with van der Waals surface area (Å²) in [5, 5.41) is 4.32. The Labute approximate surface area is 126 Å². The average molecular weight is 340 g/mol. The molecule has 1 heterocycles. The van der Waals surface area contributed by atoms with Crippen molar-refractivity contribution in [1.29, 1.82) is 0 Å². The van der Waals surface area contributed by atoms with E-state index < -0.39 is 0 Å². The summed E-state index contributed by atoms with van der Waals surface area (Å²) < 4.78 is 13.0. The summed E-state index contributed by atoms with van der Waals surface area (Å²) in [5.41, 5.74) is 8.30. The molecule has 0 aliphatic heterocycles. The number of methoxy groups -OCH3 is 2. The van der Waals surface area contributed by atoms with Gasteiger partial charge in [0.2, 0.25) is 0 Å². The summed E-state index contributed by atoms with van der Waals surface area (Å²) in [6.45, 7) is 1.26. The van der Waals surface area contributed by atoms with Gasteiger partial charge in [0, 0.05) is 7.11 Å². The second kappa shape index (κ2) is 6.88. The molecule has 1 unspecified atom stereocenters. The summed E-state index contributed by atoms with van der Waals surface area (Å²) in [6, 6.07) is 7.47. The molecule has 0 spiro atoms. The second-order valence-electron chi connectivity index (χ2n) is 4.34. The van der Waals surface area contributed by atoms with Crippen LogP contribution in [-0.4, -0.2) is 30.6 Å². The van der Waals surface area contributed by atoms with Crippen LogP contribution in [0, 0.1) is 0 Å². The van der Waals surface area contributed by atoms with E-state index in [-0.39, 0.29) is 6.04 Å². The summed E-state index contributed by atoms with van der Waals surface area (Å²) >= 11 is 3.51. The first kappa shape index (κ1) is 15.0. The van der Waals surface area contributed by atoms with E-state index in [1.54, 1.807) is 20.4 Å². The number of nitrogens with zero attached hydrogens (tertiary/aromatic N) is 2. The lowest BCUT2D eigenvalue weighted by atomic mass is 10.0. The van der Waals surface area contributed by atoms with Crippen molar-refractivity contribution in [2.75, 3.05) is 20.8 Å². The highest BCUT2D eigenvalue weighted by molar-refractivity contribution is 9.10. The van der Waals surface area contributed by atoms with Crippen LogP contribution in [0.1, 0.15) is 17.3 Å². The molecule has 20 heavy (non-hydrogen) atoms. The molecule has 108 valence electrons. The van der Waals surface area contributed by atoms with E-state index in [2.05, 4.69) is 21.0 Å². The van der Waals surface area contributed by atoms with Gasteiger partial charge >= 0.3 is 0 Å². The third-order valence-electron chi connectivity index (χ3n) is 3.11. The van der Waals surface area contributed by atoms with Gasteiger partial charge < -0.3 is 15.2 Å². The van der Waals surface area contributed by atoms with Gasteiger partial charge in [-0.05, 0) is 33.6 Å². The maximum absolute atomic E-state index is 6.35. The first-order valence-electron chi connectivity index (χ1n) is 6.27. The van der Waals surface area contributed by atoms with Gasteiger partial charge in [0.1, 0.15) is 5.75 Å². The number of hydrogen-bond acceptors (Lipinski definition) is 4. The Kier molecular flexibility index (Phi) is 5.17. The third kappa shape index (κ3) is 3.20. The summed E-state index contributed by atoms with van der Waals surface area (Å²) in [6.07, 6.45) is 1.76. The SMILES string of the molecule is COCCn1ncc(Br)c1C(N)c1ccc(OC)cc1. The molecule has 0 radical (unpaired) electrons. The summed E-state index contributed by atoms with van der Waals surface area (Å²) in [7, 11) is 3.31. The van der Waals surface area contributed by atoms with Crippen LogP contribution in [0.4, 0.5) is 0 Å². The molecule has 0 fully saturated rings. The molecule has 1 aromatic carbocycles. The minimum absolute atomic E-state index is 0.255. The lowest BCUT2D eigenvalue weighted by molar-refractivity contribution is 0.182. The van der Waals surface area contributed by atoms with E-state index in [0.717, 1.165) is 21.5 Å². The minimum Gasteiger partial charge on any atom is -0.497 e. The molecular weight excluding hydrogens is 322 g/mol. The van der Waals surface area contributed by atoms with Gasteiger partial charge in [-0.25, -0.2) is 0 Å². The van der Waals surface area contributed by atoms with Crippen molar-refractivity contribution >= 4 is 15.9 Å². The van der Waals surface area contributed by atoms with Crippen molar-refractivity contribution < 1.29 is 9.47 Å². The maximum Gasteiger partial charge on any atom is 0.118 e. The van der Waals surface area contributed by atoms with Crippen molar-refractivity contribution in [3.05, 3.63) is 46.2 Å². The van der Waals surface area contributed by atoms with Gasteiger partial charge in [-0.1, -0.05) is 12.1 Å². The Bertz CT molecular complexity index is 554. The van der Waals surface area contributed by atoms with Gasteiger partial charge in [0.05, 0.1) is 42.7 Å². The van der Waals surface area contributed by atoms with Crippen molar-refractivity contribution in [3.63, 3.8) is 0 Å². The molecule has 0 aliphatic rings. The van der Waals surface area contributed by atoms with E-state index in [0.29, 0.717) is 13.2 Å². The van der Waals surface area contributed by atoms with Crippen LogP contribution < -0.4 is 10.5 Å². The maximum atomic E-state index is 6.35. The van der Waals surface area contributed by atoms with Gasteiger partial charge in [0.25, 0.3) is 0 Å². The zero-order valence-electron chi connectivity index (χ0n) is 11.5. The predicted octanol–water partition coefficient (Wildman–Crippen LogP) is 2.35. The molecule has 2 N–H and O–H groups in total. The molecule has 0 aliphatic carbocycles. The molecule has 0 saturated heterocycles. The average Bonchev–Trinajstić information content (AvgIpc) is 2.85. The van der Waals surface area contributed by atoms with E-state index in [9.17, 15) is 0 Å². The molecule has 1 atom stereocenters. The highest BCUT2D eigenvalue weighted by Crippen LogP contribution is 2.27. The fourth-order valence-corrected chi connectivity index (χ4v) is 2.55. The number of benzene rings is 1. The number of aromatic nitrogens is 2. The number of ether oxygens (including phenoxy) is 2. The smallest absolute Gasteiger partial charge is 0.118 e. The van der Waals surface area contributed by atoms with Crippen LogP contribution in [0.25, 0.3) is 0 Å². The fourth-order valence-electron chi connectivity index (χ4n) is 2.01. The minimum atomic E-state index is -0.255. The fraction of sp³-hybridized carbons (Fsp3) is 0.357. The number of halogens is 1. The molecule has 5 nitrogen and oxygen atoms in total. The zero-order chi connectivity index (χ0) is 14.5. The van der Waals surface area contributed by atoms with Gasteiger partial charge in [-0.3, -0.25) is 4.68 Å². The third-order valence-corrected chi connectivity index (χ3v) is 3.72. The van der Waals surface area contributed by atoms with Crippen LogP contribution in [-0.2, 0) is 11.3 Å². The van der Waals surface area contributed by atoms with Crippen molar-refractivity contribution in [2.24, 2.45) is 5.73 Å². The predicted molar refractivity (Wildman–Crippen MR) is 80.8 cm³/mol. The highest BCUT2D eigenvalue weighted by atomic mass is 79.9. The highest BCUT2D eigenvalue weighted by Gasteiger charge is 2.18. The van der Waals surface area contributed by atoms with Crippen LogP contribution in [0.3, 0.4) is 0 Å². The van der Waals surface area contributed by atoms with Crippen LogP contribution in [0.2, 0.25) is 0 Å². The molecule has 0 saturated carbocycles. The lowest BCUT2D eigenvalue weighted by Gasteiger charge is -2.16. The quantitative estimate of drug-likeness (QED) is 0.877. The van der Waals surface area contributed by atoms with Crippen molar-refractivity contribution in [3.8, 4) is 5.75 Å². The van der Waals surface area contributed by atoms with E-state index in [1.165, 1.54) is 0 Å². The van der Waals surface area contributed by atoms with E-state index >= 15 is 0 Å². The molecular formula is C14H18BrN3O2. The van der Waals surface area contributed by atoms with Crippen LogP contribution >= 0.6 is 15.9 Å². The van der Waals surface area contributed by atoms with Gasteiger partial charge in [0.15, 0.2) is 0 Å². The Hall–Kier alpha value is -1.37. The van der Waals surface area contributed by atoms with Crippen molar-refractivity contribution in [1.82, 2.24) is 9.78 Å². The zero-order valence-corrected chi connectivity index (χ0v) is 13.1. The Morgan fingerprint density at radius 1 is 1.30 bits per heavy atom. The monoisotopic (exact) mass is 339 g/mol. The Morgan fingerprint density at radius 3 is 2.60 bits per heavy atom. The molecule has 1 aromatic heterocycles. The Morgan fingerprint density at radius 2 is 2.00 bits per heavy atom. The first-order valence-corrected chi connectivity index (χ1v) is 7.06. The number of hydrogen-bond donors (Lipinski definition) is 1. The second-order valence-corrected chi connectivity index (χ2v) is 5.20. The lowest BCUT2D eigenvalue weighted by Crippen LogP contribution is -2.19. The van der Waals surface area contributed by atoms with Crippen LogP contribution in [0.5, 0.6) is 5.75 Å². The molecule has 2 aromatic rings. The van der Waals surface area contributed by atoms with Gasteiger partial charge in [-0.15, -0.1) is 0 Å². The standard InChI is InChI=1S/C14H18BrN3O2/c1-19-8-7-18-14(12(15)9-17-18)13(16)10-3-5-11(20-2)6-4-10/h3-6,9,13H,7-8,16H2,1-2H3. The topological polar surface area (TPSA) is 62.3 Å². The largest absolute Gasteiger partial charge is 0.497 e. The first-order chi connectivity index (χ1) is 9.67. The molecule has 6 heteroatoms. The number of rotatable bonds is 6. The summed E-state index contributed by atoms with van der Waals surface area (Å²) in [4.78, 5) is 0. The molecule has 2 rings (SSSR count). The van der Waals surface area contributed by atoms with E-state index in [4.69, 9.17) is 15.2 Å². The van der Waals surface area contributed by atoms with Gasteiger partial charge in [-0.2, -0.15) is 5.10 Å². The summed E-state index contributed by atoms with van der Waals surface area (Å²) in [5.74, 6) is 0.813.